The number of carbonyl (C=O) groups is 1. The normalized spacial score (nSPS) is 28.4. The lowest BCUT2D eigenvalue weighted by Gasteiger charge is -2.44. The average molecular weight is 337 g/mol. The molecule has 0 aromatic heterocycles. The van der Waals surface area contributed by atoms with E-state index in [4.69, 9.17) is 0 Å². The topological polar surface area (TPSA) is 74.7 Å². The van der Waals surface area contributed by atoms with Gasteiger partial charge in [-0.3, -0.25) is 4.79 Å². The van der Waals surface area contributed by atoms with E-state index in [0.717, 1.165) is 31.5 Å². The molecule has 0 spiro atoms. The number of piperidine rings is 3. The number of sulfone groups is 1. The third-order valence-electron chi connectivity index (χ3n) is 5.17. The molecule has 4 rings (SSSR count). The largest absolute Gasteiger partial charge is 0.481 e. The van der Waals surface area contributed by atoms with Gasteiger partial charge in [-0.1, -0.05) is 30.3 Å². The minimum absolute atomic E-state index is 0.205. The average Bonchev–Trinajstić information content (AvgIpc) is 2.56. The van der Waals surface area contributed by atoms with Crippen molar-refractivity contribution in [1.82, 2.24) is 4.90 Å². The van der Waals surface area contributed by atoms with Crippen molar-refractivity contribution in [2.24, 2.45) is 11.8 Å². The highest BCUT2D eigenvalue weighted by atomic mass is 32.2. The second-order valence-corrected chi connectivity index (χ2v) is 9.00. The van der Waals surface area contributed by atoms with Crippen LogP contribution in [0.3, 0.4) is 0 Å². The number of rotatable bonds is 6. The highest BCUT2D eigenvalue weighted by Gasteiger charge is 2.43. The first-order valence-electron chi connectivity index (χ1n) is 8.16. The van der Waals surface area contributed by atoms with Gasteiger partial charge in [-0.05, 0) is 43.8 Å². The van der Waals surface area contributed by atoms with E-state index in [1.54, 1.807) is 0 Å². The van der Waals surface area contributed by atoms with E-state index in [0.29, 0.717) is 6.54 Å². The van der Waals surface area contributed by atoms with Gasteiger partial charge >= 0.3 is 5.97 Å². The Hall–Kier alpha value is -1.40. The number of hydrogen-bond acceptors (Lipinski definition) is 4. The molecular weight excluding hydrogens is 314 g/mol. The highest BCUT2D eigenvalue weighted by molar-refractivity contribution is 7.92. The van der Waals surface area contributed by atoms with Crippen LogP contribution in [0.1, 0.15) is 18.4 Å². The zero-order valence-corrected chi connectivity index (χ0v) is 13.9. The first kappa shape index (κ1) is 16.5. The Labute approximate surface area is 137 Å². The lowest BCUT2D eigenvalue weighted by atomic mass is 9.88. The third-order valence-corrected chi connectivity index (χ3v) is 7.49. The van der Waals surface area contributed by atoms with E-state index in [-0.39, 0.29) is 23.3 Å². The van der Waals surface area contributed by atoms with Crippen LogP contribution in [0, 0.1) is 11.8 Å². The van der Waals surface area contributed by atoms with Gasteiger partial charge in [0, 0.05) is 6.54 Å². The van der Waals surface area contributed by atoms with Crippen molar-refractivity contribution >= 4 is 15.8 Å². The maximum atomic E-state index is 12.8. The Morgan fingerprint density at radius 2 is 1.87 bits per heavy atom. The fourth-order valence-corrected chi connectivity index (χ4v) is 6.20. The van der Waals surface area contributed by atoms with Crippen molar-refractivity contribution in [3.05, 3.63) is 35.9 Å². The molecule has 3 saturated heterocycles. The summed E-state index contributed by atoms with van der Waals surface area (Å²) < 4.78 is 25.6. The monoisotopic (exact) mass is 337 g/mol. The Kier molecular flexibility index (Phi) is 4.73. The number of carboxylic acids is 1. The Morgan fingerprint density at radius 3 is 2.39 bits per heavy atom. The van der Waals surface area contributed by atoms with Crippen LogP contribution < -0.4 is 0 Å². The van der Waals surface area contributed by atoms with Crippen LogP contribution in [0.5, 0.6) is 0 Å². The molecule has 0 radical (unpaired) electrons. The summed E-state index contributed by atoms with van der Waals surface area (Å²) in [5, 5.41) is 9.07. The molecule has 6 heteroatoms. The summed E-state index contributed by atoms with van der Waals surface area (Å²) in [6, 6.07) is 9.24. The first-order chi connectivity index (χ1) is 11.0. The van der Waals surface area contributed by atoms with E-state index in [1.807, 2.05) is 30.3 Å². The molecular formula is C17H23NO4S. The molecule has 1 aromatic carbocycles. The summed E-state index contributed by atoms with van der Waals surface area (Å²) in [6.07, 6.45) is 2.09. The molecule has 0 amide bonds. The molecule has 2 unspecified atom stereocenters. The third kappa shape index (κ3) is 3.75. The second-order valence-electron chi connectivity index (χ2n) is 6.73. The predicted octanol–water partition coefficient (Wildman–Crippen LogP) is 1.44. The van der Waals surface area contributed by atoms with Gasteiger partial charge in [0.2, 0.25) is 0 Å². The predicted molar refractivity (Wildman–Crippen MR) is 88.0 cm³/mol. The Balaban J connectivity index is 1.73. The van der Waals surface area contributed by atoms with Crippen molar-refractivity contribution in [2.45, 2.75) is 24.5 Å². The minimum Gasteiger partial charge on any atom is -0.481 e. The minimum atomic E-state index is -3.40. The standard InChI is InChI=1S/C17H23NO4S/c19-17(20)15(10-13-4-2-1-3-5-13)12-23(21,22)16-11-18-8-6-14(16)7-9-18/h1-5,14-16H,6-12H2,(H,19,20). The highest BCUT2D eigenvalue weighted by Crippen LogP contribution is 2.33. The molecule has 2 bridgehead atoms. The van der Waals surface area contributed by atoms with Crippen molar-refractivity contribution < 1.29 is 18.3 Å². The van der Waals surface area contributed by atoms with E-state index in [9.17, 15) is 18.3 Å². The van der Waals surface area contributed by atoms with Gasteiger partial charge in [-0.15, -0.1) is 0 Å². The van der Waals surface area contributed by atoms with Crippen LogP contribution >= 0.6 is 0 Å². The molecule has 23 heavy (non-hydrogen) atoms. The maximum Gasteiger partial charge on any atom is 0.307 e. The fraction of sp³-hybridized carbons (Fsp3) is 0.588. The lowest BCUT2D eigenvalue weighted by molar-refractivity contribution is -0.140. The SMILES string of the molecule is O=C(O)C(Cc1ccccc1)CS(=O)(=O)C1CN2CCC1CC2. The van der Waals surface area contributed by atoms with Crippen molar-refractivity contribution in [1.29, 1.82) is 0 Å². The summed E-state index contributed by atoms with van der Waals surface area (Å²) in [5.74, 6) is -1.96. The summed E-state index contributed by atoms with van der Waals surface area (Å²) in [5.41, 5.74) is 0.865. The lowest BCUT2D eigenvalue weighted by Crippen LogP contribution is -2.54. The van der Waals surface area contributed by atoms with E-state index in [2.05, 4.69) is 4.90 Å². The van der Waals surface area contributed by atoms with E-state index < -0.39 is 21.7 Å². The molecule has 3 aliphatic rings. The van der Waals surface area contributed by atoms with Crippen molar-refractivity contribution in [3.63, 3.8) is 0 Å². The molecule has 3 heterocycles. The molecule has 0 aliphatic carbocycles. The van der Waals surface area contributed by atoms with Gasteiger partial charge in [0.05, 0.1) is 16.9 Å². The maximum absolute atomic E-state index is 12.8. The smallest absolute Gasteiger partial charge is 0.307 e. The van der Waals surface area contributed by atoms with Crippen LogP contribution in [0.4, 0.5) is 0 Å². The van der Waals surface area contributed by atoms with Gasteiger partial charge in [0.1, 0.15) is 0 Å². The number of fused-ring (bicyclic) bond motifs is 3. The summed E-state index contributed by atoms with van der Waals surface area (Å²) in [6.45, 7) is 2.52. The number of aliphatic carboxylic acids is 1. The van der Waals surface area contributed by atoms with Crippen LogP contribution in [0.15, 0.2) is 30.3 Å². The number of benzene rings is 1. The summed E-state index contributed by atoms with van der Waals surface area (Å²) in [7, 11) is -3.40. The molecule has 3 aliphatic heterocycles. The van der Waals surface area contributed by atoms with Crippen LogP contribution in [-0.4, -0.2) is 55.0 Å². The quantitative estimate of drug-likeness (QED) is 0.850. The second kappa shape index (κ2) is 6.61. The van der Waals surface area contributed by atoms with Gasteiger partial charge in [0.15, 0.2) is 9.84 Å². The zero-order chi connectivity index (χ0) is 16.4. The number of hydrogen-bond donors (Lipinski definition) is 1. The molecule has 0 saturated carbocycles. The summed E-state index contributed by atoms with van der Waals surface area (Å²) in [4.78, 5) is 13.7. The van der Waals surface area contributed by atoms with Gasteiger partial charge in [-0.2, -0.15) is 0 Å². The molecule has 1 aromatic rings. The fourth-order valence-electron chi connectivity index (χ4n) is 3.84. The van der Waals surface area contributed by atoms with Crippen molar-refractivity contribution in [3.8, 4) is 0 Å². The van der Waals surface area contributed by atoms with Gasteiger partial charge in [-0.25, -0.2) is 8.42 Å². The molecule has 3 fully saturated rings. The van der Waals surface area contributed by atoms with Crippen LogP contribution in [0.25, 0.3) is 0 Å². The zero-order valence-electron chi connectivity index (χ0n) is 13.1. The number of nitrogens with zero attached hydrogens (tertiary/aromatic N) is 1. The number of carboxylic acid groups (broad SMARTS) is 1. The Bertz CT molecular complexity index is 650. The van der Waals surface area contributed by atoms with Crippen molar-refractivity contribution in [2.75, 3.05) is 25.4 Å². The molecule has 5 nitrogen and oxygen atoms in total. The van der Waals surface area contributed by atoms with Crippen LogP contribution in [0.2, 0.25) is 0 Å². The Morgan fingerprint density at radius 1 is 1.22 bits per heavy atom. The summed E-state index contributed by atoms with van der Waals surface area (Å²) >= 11 is 0. The van der Waals surface area contributed by atoms with Gasteiger partial charge < -0.3 is 10.0 Å². The molecule has 126 valence electrons. The molecule has 2 atom stereocenters. The van der Waals surface area contributed by atoms with Gasteiger partial charge in [0.25, 0.3) is 0 Å². The van der Waals surface area contributed by atoms with E-state index >= 15 is 0 Å². The van der Waals surface area contributed by atoms with Crippen LogP contribution in [-0.2, 0) is 21.1 Å². The first-order valence-corrected chi connectivity index (χ1v) is 9.88. The van der Waals surface area contributed by atoms with E-state index in [1.165, 1.54) is 0 Å². The molecule has 1 N–H and O–H groups in total.